The fourth-order valence-corrected chi connectivity index (χ4v) is 4.88. The summed E-state index contributed by atoms with van der Waals surface area (Å²) in [6.07, 6.45) is 4.96. The second kappa shape index (κ2) is 8.59. The van der Waals surface area contributed by atoms with Crippen molar-refractivity contribution in [1.82, 2.24) is 25.4 Å². The van der Waals surface area contributed by atoms with Crippen LogP contribution in [0.2, 0.25) is 0 Å². The zero-order valence-corrected chi connectivity index (χ0v) is 17.8. The van der Waals surface area contributed by atoms with Gasteiger partial charge in [-0.15, -0.1) is 5.10 Å². The molecule has 4 rings (SSSR count). The van der Waals surface area contributed by atoms with Crippen LogP contribution in [0.3, 0.4) is 0 Å². The molecular formula is C21H25N5O3S. The Morgan fingerprint density at radius 3 is 2.60 bits per heavy atom. The predicted octanol–water partition coefficient (Wildman–Crippen LogP) is 2.31. The Balaban J connectivity index is 1.44. The molecule has 9 heteroatoms. The number of aromatic nitrogens is 3. The van der Waals surface area contributed by atoms with Crippen molar-refractivity contribution in [1.29, 1.82) is 0 Å². The summed E-state index contributed by atoms with van der Waals surface area (Å²) in [5.74, 6) is -0.278. The molecule has 1 aliphatic carbocycles. The van der Waals surface area contributed by atoms with Crippen molar-refractivity contribution in [2.24, 2.45) is 0 Å². The lowest BCUT2D eigenvalue weighted by molar-refractivity contribution is -0.158. The van der Waals surface area contributed by atoms with Gasteiger partial charge in [0.1, 0.15) is 12.1 Å². The number of imide groups is 1. The Bertz CT molecular complexity index is 950. The summed E-state index contributed by atoms with van der Waals surface area (Å²) in [5, 5.41) is 9.99. The van der Waals surface area contributed by atoms with Crippen LogP contribution in [-0.2, 0) is 20.8 Å². The van der Waals surface area contributed by atoms with E-state index in [1.165, 1.54) is 22.2 Å². The van der Waals surface area contributed by atoms with E-state index in [2.05, 4.69) is 39.6 Å². The summed E-state index contributed by atoms with van der Waals surface area (Å²) < 4.78 is 0. The summed E-state index contributed by atoms with van der Waals surface area (Å²) in [4.78, 5) is 43.5. The van der Waals surface area contributed by atoms with E-state index in [0.717, 1.165) is 31.2 Å². The highest BCUT2D eigenvalue weighted by atomic mass is 32.2. The van der Waals surface area contributed by atoms with Crippen LogP contribution in [0, 0.1) is 0 Å². The van der Waals surface area contributed by atoms with Gasteiger partial charge >= 0.3 is 0 Å². The molecule has 3 amide bonds. The molecule has 1 aliphatic heterocycles. The van der Waals surface area contributed by atoms with E-state index in [1.807, 2.05) is 12.1 Å². The lowest BCUT2D eigenvalue weighted by Gasteiger charge is -2.47. The number of benzene rings is 1. The van der Waals surface area contributed by atoms with Crippen LogP contribution in [0.15, 0.2) is 29.4 Å². The van der Waals surface area contributed by atoms with Gasteiger partial charge in [-0.25, -0.2) is 4.98 Å². The summed E-state index contributed by atoms with van der Waals surface area (Å²) in [5.41, 5.74) is 1.28. The first kappa shape index (κ1) is 20.6. The van der Waals surface area contributed by atoms with Crippen LogP contribution >= 0.6 is 11.8 Å². The van der Waals surface area contributed by atoms with Crippen LogP contribution < -0.4 is 5.32 Å². The average Bonchev–Trinajstić information content (AvgIpc) is 3.24. The number of aromatic amines is 1. The molecule has 0 unspecified atom stereocenters. The molecule has 1 spiro atoms. The monoisotopic (exact) mass is 427 g/mol. The predicted molar refractivity (Wildman–Crippen MR) is 113 cm³/mol. The molecule has 2 N–H and O–H groups in total. The van der Waals surface area contributed by atoms with Gasteiger partial charge in [-0.05, 0) is 24.8 Å². The first-order valence-electron chi connectivity index (χ1n) is 10.3. The topological polar surface area (TPSA) is 108 Å². The normalized spacial score (nSPS) is 18.5. The molecule has 0 bridgehead atoms. The quantitative estimate of drug-likeness (QED) is 0.560. The second-order valence-corrected chi connectivity index (χ2v) is 8.70. The molecule has 1 aromatic heterocycles. The number of nitrogens with one attached hydrogen (secondary N) is 2. The number of aryl methyl sites for hydroxylation is 1. The van der Waals surface area contributed by atoms with Gasteiger partial charge in [0.15, 0.2) is 5.82 Å². The van der Waals surface area contributed by atoms with Crippen molar-refractivity contribution in [3.8, 4) is 11.4 Å². The molecule has 0 atom stereocenters. The number of nitrogens with zero attached hydrogens (tertiary/aromatic N) is 3. The minimum absolute atomic E-state index is 0.0752. The van der Waals surface area contributed by atoms with E-state index in [0.29, 0.717) is 23.8 Å². The van der Waals surface area contributed by atoms with E-state index in [-0.39, 0.29) is 24.1 Å². The van der Waals surface area contributed by atoms with Gasteiger partial charge in [0.2, 0.25) is 17.0 Å². The Kier molecular flexibility index (Phi) is 5.90. The Hall–Kier alpha value is -2.68. The molecule has 2 heterocycles. The van der Waals surface area contributed by atoms with Crippen LogP contribution in [0.5, 0.6) is 0 Å². The fourth-order valence-electron chi connectivity index (χ4n) is 4.20. The molecule has 8 nitrogen and oxygen atoms in total. The van der Waals surface area contributed by atoms with Crippen LogP contribution in [0.1, 0.15) is 44.6 Å². The van der Waals surface area contributed by atoms with E-state index in [9.17, 15) is 14.4 Å². The first-order chi connectivity index (χ1) is 14.5. The SMILES string of the molecule is CCc1ccc(-c2nc(SCC(=O)N3CC(=O)NC(=O)C34CCCCC4)n[nH]2)cc1. The molecule has 0 radical (unpaired) electrons. The van der Waals surface area contributed by atoms with Crippen molar-refractivity contribution in [2.75, 3.05) is 12.3 Å². The number of carbonyl (C=O) groups is 3. The lowest BCUT2D eigenvalue weighted by Crippen LogP contribution is -2.69. The standard InChI is InChI=1S/C21H25N5O3S/c1-2-14-6-8-15(9-7-14)18-23-20(25-24-18)30-13-17(28)26-12-16(27)22-19(29)21(26)10-4-3-5-11-21/h6-9H,2-5,10-13H2,1H3,(H,22,27,29)(H,23,24,25). The molecule has 2 aromatic rings. The maximum Gasteiger partial charge on any atom is 0.252 e. The van der Waals surface area contributed by atoms with Crippen molar-refractivity contribution in [3.05, 3.63) is 29.8 Å². The van der Waals surface area contributed by atoms with Crippen LogP contribution in [0.25, 0.3) is 11.4 Å². The van der Waals surface area contributed by atoms with E-state index >= 15 is 0 Å². The molecule has 30 heavy (non-hydrogen) atoms. The van der Waals surface area contributed by atoms with Crippen molar-refractivity contribution in [3.63, 3.8) is 0 Å². The summed E-state index contributed by atoms with van der Waals surface area (Å²) in [7, 11) is 0. The third-order valence-electron chi connectivity index (χ3n) is 5.90. The third-order valence-corrected chi connectivity index (χ3v) is 6.73. The summed E-state index contributed by atoms with van der Waals surface area (Å²) >= 11 is 1.21. The van der Waals surface area contributed by atoms with Gasteiger partial charge in [0.05, 0.1) is 5.75 Å². The minimum atomic E-state index is -0.894. The number of amides is 3. The number of hydrogen-bond acceptors (Lipinski definition) is 6. The van der Waals surface area contributed by atoms with Crippen molar-refractivity contribution >= 4 is 29.5 Å². The average molecular weight is 428 g/mol. The van der Waals surface area contributed by atoms with E-state index in [4.69, 9.17) is 0 Å². The minimum Gasteiger partial charge on any atom is -0.318 e. The molecule has 158 valence electrons. The third kappa shape index (κ3) is 3.98. The molecular weight excluding hydrogens is 402 g/mol. The van der Waals surface area contributed by atoms with Gasteiger partial charge in [-0.3, -0.25) is 24.8 Å². The Labute approximate surface area is 179 Å². The maximum atomic E-state index is 13.0. The zero-order chi connectivity index (χ0) is 21.1. The van der Waals surface area contributed by atoms with E-state index in [1.54, 1.807) is 0 Å². The fraction of sp³-hybridized carbons (Fsp3) is 0.476. The first-order valence-corrected chi connectivity index (χ1v) is 11.3. The van der Waals surface area contributed by atoms with Crippen LogP contribution in [-0.4, -0.2) is 55.6 Å². The highest BCUT2D eigenvalue weighted by Crippen LogP contribution is 2.36. The van der Waals surface area contributed by atoms with Crippen molar-refractivity contribution < 1.29 is 14.4 Å². The lowest BCUT2D eigenvalue weighted by atomic mass is 9.78. The number of hydrogen-bond donors (Lipinski definition) is 2. The summed E-state index contributed by atoms with van der Waals surface area (Å²) in [6, 6.07) is 8.08. The number of H-pyrrole nitrogens is 1. The number of thioether (sulfide) groups is 1. The molecule has 2 aliphatic rings. The summed E-state index contributed by atoms with van der Waals surface area (Å²) in [6.45, 7) is 2.03. The Morgan fingerprint density at radius 2 is 1.90 bits per heavy atom. The van der Waals surface area contributed by atoms with Gasteiger partial charge in [-0.2, -0.15) is 0 Å². The van der Waals surface area contributed by atoms with Crippen molar-refractivity contribution in [2.45, 2.75) is 56.1 Å². The van der Waals surface area contributed by atoms with Gasteiger partial charge in [0.25, 0.3) is 5.91 Å². The molecule has 1 saturated heterocycles. The van der Waals surface area contributed by atoms with Gasteiger partial charge in [-0.1, -0.05) is 62.2 Å². The largest absolute Gasteiger partial charge is 0.318 e. The highest BCUT2D eigenvalue weighted by Gasteiger charge is 2.50. The molecule has 1 saturated carbocycles. The molecule has 1 aromatic carbocycles. The number of carbonyl (C=O) groups excluding carboxylic acids is 3. The van der Waals surface area contributed by atoms with E-state index < -0.39 is 11.4 Å². The number of rotatable bonds is 5. The molecule has 2 fully saturated rings. The number of piperazine rings is 1. The zero-order valence-electron chi connectivity index (χ0n) is 16.9. The smallest absolute Gasteiger partial charge is 0.252 e. The maximum absolute atomic E-state index is 13.0. The second-order valence-electron chi connectivity index (χ2n) is 7.76. The van der Waals surface area contributed by atoms with Gasteiger partial charge in [0, 0.05) is 5.56 Å². The highest BCUT2D eigenvalue weighted by molar-refractivity contribution is 7.99. The van der Waals surface area contributed by atoms with Gasteiger partial charge < -0.3 is 4.90 Å². The Morgan fingerprint density at radius 1 is 1.17 bits per heavy atom. The van der Waals surface area contributed by atoms with Crippen LogP contribution in [0.4, 0.5) is 0 Å².